The maximum Gasteiger partial charge on any atom is 0.344 e. The highest BCUT2D eigenvalue weighted by molar-refractivity contribution is 9.10. The summed E-state index contributed by atoms with van der Waals surface area (Å²) in [6.45, 7) is 2.23. The van der Waals surface area contributed by atoms with Gasteiger partial charge in [0, 0.05) is 11.0 Å². The lowest BCUT2D eigenvalue weighted by Gasteiger charge is -2.13. The van der Waals surface area contributed by atoms with Gasteiger partial charge in [0.1, 0.15) is 5.75 Å². The van der Waals surface area contributed by atoms with Gasteiger partial charge in [-0.15, -0.1) is 0 Å². The van der Waals surface area contributed by atoms with E-state index in [1.807, 2.05) is 24.3 Å². The second-order valence-electron chi connectivity index (χ2n) is 6.71. The summed E-state index contributed by atoms with van der Waals surface area (Å²) in [5, 5.41) is 0. The molecule has 1 aliphatic heterocycles. The van der Waals surface area contributed by atoms with Crippen molar-refractivity contribution in [1.82, 2.24) is 4.90 Å². The minimum atomic E-state index is -0.492. The number of imide groups is 1. The number of hydrogen-bond acceptors (Lipinski definition) is 5. The second kappa shape index (κ2) is 9.69. The number of benzene rings is 2. The van der Waals surface area contributed by atoms with E-state index in [-0.39, 0.29) is 31.6 Å². The van der Waals surface area contributed by atoms with Gasteiger partial charge >= 0.3 is 5.97 Å². The lowest BCUT2D eigenvalue weighted by Crippen LogP contribution is -2.31. The monoisotopic (exact) mass is 459 g/mol. The van der Waals surface area contributed by atoms with Gasteiger partial charge in [-0.3, -0.25) is 14.5 Å². The number of halogens is 1. The Morgan fingerprint density at radius 2 is 1.76 bits per heavy atom. The normalized spacial score (nSPS) is 12.8. The summed E-state index contributed by atoms with van der Waals surface area (Å²) in [5.74, 6) is -0.529. The zero-order valence-corrected chi connectivity index (χ0v) is 17.7. The number of rotatable bonds is 9. The molecule has 2 aromatic carbocycles. The lowest BCUT2D eigenvalue weighted by molar-refractivity contribution is -0.146. The van der Waals surface area contributed by atoms with E-state index >= 15 is 0 Å². The highest BCUT2D eigenvalue weighted by Gasteiger charge is 2.35. The van der Waals surface area contributed by atoms with E-state index in [0.717, 1.165) is 17.3 Å². The first-order valence-electron chi connectivity index (χ1n) is 9.52. The van der Waals surface area contributed by atoms with Crippen molar-refractivity contribution in [3.8, 4) is 5.75 Å². The number of nitrogens with zero attached hydrogens (tertiary/aromatic N) is 1. The molecule has 152 valence electrons. The number of ether oxygens (including phenoxy) is 2. The molecule has 1 heterocycles. The average Bonchev–Trinajstić information content (AvgIpc) is 2.95. The van der Waals surface area contributed by atoms with Crippen LogP contribution >= 0.6 is 15.9 Å². The fourth-order valence-corrected chi connectivity index (χ4v) is 3.46. The molecule has 0 bridgehead atoms. The van der Waals surface area contributed by atoms with Crippen molar-refractivity contribution in [2.75, 3.05) is 19.8 Å². The number of esters is 1. The molecule has 0 unspecified atom stereocenters. The van der Waals surface area contributed by atoms with Gasteiger partial charge < -0.3 is 9.47 Å². The van der Waals surface area contributed by atoms with Crippen LogP contribution in [-0.4, -0.2) is 42.4 Å². The van der Waals surface area contributed by atoms with Gasteiger partial charge in [-0.1, -0.05) is 41.4 Å². The molecule has 29 heavy (non-hydrogen) atoms. The van der Waals surface area contributed by atoms with Gasteiger partial charge in [0.15, 0.2) is 6.61 Å². The van der Waals surface area contributed by atoms with E-state index in [4.69, 9.17) is 9.47 Å². The number of carbonyl (C=O) groups excluding carboxylic acids is 3. The van der Waals surface area contributed by atoms with E-state index in [2.05, 4.69) is 22.9 Å². The van der Waals surface area contributed by atoms with Crippen LogP contribution in [0.1, 0.15) is 46.0 Å². The molecule has 7 heteroatoms. The van der Waals surface area contributed by atoms with Gasteiger partial charge in [0.05, 0.1) is 17.7 Å². The fourth-order valence-electron chi connectivity index (χ4n) is 3.10. The van der Waals surface area contributed by atoms with Crippen LogP contribution in [0.5, 0.6) is 5.75 Å². The Labute approximate surface area is 177 Å². The molecule has 0 aliphatic carbocycles. The molecule has 2 aromatic rings. The summed E-state index contributed by atoms with van der Waals surface area (Å²) < 4.78 is 11.3. The molecule has 0 saturated carbocycles. The van der Waals surface area contributed by atoms with Gasteiger partial charge in [0.25, 0.3) is 11.8 Å². The van der Waals surface area contributed by atoms with E-state index < -0.39 is 5.97 Å². The molecule has 0 N–H and O–H groups in total. The molecule has 0 atom stereocenters. The number of fused-ring (bicyclic) bond motifs is 1. The molecule has 3 rings (SSSR count). The van der Waals surface area contributed by atoms with Gasteiger partial charge in [0.2, 0.25) is 0 Å². The molecule has 1 aliphatic rings. The molecule has 0 aromatic heterocycles. The number of hydrogen-bond donors (Lipinski definition) is 0. The smallest absolute Gasteiger partial charge is 0.344 e. The zero-order chi connectivity index (χ0) is 20.8. The number of aryl methyl sites for hydroxylation is 1. The van der Waals surface area contributed by atoms with Crippen molar-refractivity contribution in [2.24, 2.45) is 0 Å². The third kappa shape index (κ3) is 5.23. The third-order valence-electron chi connectivity index (χ3n) is 4.54. The van der Waals surface area contributed by atoms with Crippen molar-refractivity contribution in [3.05, 3.63) is 63.6 Å². The predicted molar refractivity (Wildman–Crippen MR) is 111 cm³/mol. The van der Waals surface area contributed by atoms with Crippen molar-refractivity contribution in [1.29, 1.82) is 0 Å². The maximum absolute atomic E-state index is 12.4. The molecule has 0 spiro atoms. The highest BCUT2D eigenvalue weighted by Crippen LogP contribution is 2.26. The quantitative estimate of drug-likeness (QED) is 0.321. The van der Waals surface area contributed by atoms with E-state index in [0.29, 0.717) is 23.3 Å². The first kappa shape index (κ1) is 21.0. The van der Waals surface area contributed by atoms with Crippen molar-refractivity contribution in [3.63, 3.8) is 0 Å². The van der Waals surface area contributed by atoms with Gasteiger partial charge in [-0.05, 0) is 48.7 Å². The summed E-state index contributed by atoms with van der Waals surface area (Å²) in [7, 11) is 0. The third-order valence-corrected chi connectivity index (χ3v) is 5.03. The number of amides is 2. The minimum absolute atomic E-state index is 0.106. The molecule has 0 radical (unpaired) electrons. The van der Waals surface area contributed by atoms with Crippen LogP contribution in [0.25, 0.3) is 0 Å². The Hall–Kier alpha value is -2.67. The van der Waals surface area contributed by atoms with Crippen molar-refractivity contribution in [2.45, 2.75) is 26.2 Å². The summed E-state index contributed by atoms with van der Waals surface area (Å²) in [5.41, 5.74) is 2.01. The Bertz CT molecular complexity index is 910. The van der Waals surface area contributed by atoms with Crippen LogP contribution in [0.3, 0.4) is 0 Å². The van der Waals surface area contributed by atoms with Crippen LogP contribution < -0.4 is 4.74 Å². The van der Waals surface area contributed by atoms with Gasteiger partial charge in [-0.2, -0.15) is 0 Å². The van der Waals surface area contributed by atoms with Crippen LogP contribution in [0.2, 0.25) is 0 Å². The fraction of sp³-hybridized carbons (Fsp3) is 0.318. The topological polar surface area (TPSA) is 72.9 Å². The maximum atomic E-state index is 12.4. The summed E-state index contributed by atoms with van der Waals surface area (Å²) >= 11 is 3.30. The average molecular weight is 460 g/mol. The Morgan fingerprint density at radius 3 is 2.48 bits per heavy atom. The Kier molecular flexibility index (Phi) is 7.04. The molecule has 6 nitrogen and oxygen atoms in total. The van der Waals surface area contributed by atoms with E-state index in [1.165, 1.54) is 10.5 Å². The molecular weight excluding hydrogens is 438 g/mol. The predicted octanol–water partition coefficient (Wildman–Crippen LogP) is 4.01. The van der Waals surface area contributed by atoms with Crippen molar-refractivity contribution >= 4 is 33.7 Å². The zero-order valence-electron chi connectivity index (χ0n) is 16.2. The van der Waals surface area contributed by atoms with Crippen LogP contribution in [-0.2, 0) is 16.0 Å². The second-order valence-corrected chi connectivity index (χ2v) is 7.62. The van der Waals surface area contributed by atoms with Crippen molar-refractivity contribution < 1.29 is 23.9 Å². The largest absolute Gasteiger partial charge is 0.482 e. The molecule has 0 fully saturated rings. The molecule has 2 amide bonds. The molecular formula is C22H22BrNO5. The van der Waals surface area contributed by atoms with Crippen LogP contribution in [0, 0.1) is 0 Å². The minimum Gasteiger partial charge on any atom is -0.482 e. The summed E-state index contributed by atoms with van der Waals surface area (Å²) in [6.07, 6.45) is 2.45. The first-order valence-corrected chi connectivity index (χ1v) is 10.3. The molecule has 0 saturated heterocycles. The van der Waals surface area contributed by atoms with E-state index in [9.17, 15) is 14.4 Å². The van der Waals surface area contributed by atoms with Crippen LogP contribution in [0.15, 0.2) is 46.9 Å². The summed E-state index contributed by atoms with van der Waals surface area (Å²) in [6, 6.07) is 12.6. The SMILES string of the molecule is CCCc1ccc(OCC(=O)OCCCN2C(=O)c3ccc(Br)cc3C2=O)cc1. The Balaban J connectivity index is 1.39. The first-order chi connectivity index (χ1) is 14.0. The van der Waals surface area contributed by atoms with E-state index in [1.54, 1.807) is 18.2 Å². The van der Waals surface area contributed by atoms with Crippen LogP contribution in [0.4, 0.5) is 0 Å². The standard InChI is InChI=1S/C22H22BrNO5/c1-2-4-15-5-8-17(9-6-15)29-14-20(25)28-12-3-11-24-21(26)18-10-7-16(23)13-19(18)22(24)27/h5-10,13H,2-4,11-12,14H2,1H3. The summed E-state index contributed by atoms with van der Waals surface area (Å²) in [4.78, 5) is 37.7. The lowest BCUT2D eigenvalue weighted by atomic mass is 10.1. The number of carbonyl (C=O) groups is 3. The Morgan fingerprint density at radius 1 is 1.03 bits per heavy atom. The highest BCUT2D eigenvalue weighted by atomic mass is 79.9. The van der Waals surface area contributed by atoms with Gasteiger partial charge in [-0.25, -0.2) is 4.79 Å².